The fourth-order valence-electron chi connectivity index (χ4n) is 2.63. The SMILES string of the molecule is CCCCCCCCCCC(CCCCCN)C(=O)O. The van der Waals surface area contributed by atoms with Gasteiger partial charge >= 0.3 is 5.97 Å². The minimum absolute atomic E-state index is 0.132. The molecule has 20 heavy (non-hydrogen) atoms. The van der Waals surface area contributed by atoms with E-state index in [1.807, 2.05) is 0 Å². The van der Waals surface area contributed by atoms with Crippen molar-refractivity contribution in [3.63, 3.8) is 0 Å². The van der Waals surface area contributed by atoms with Crippen LogP contribution in [0.4, 0.5) is 0 Å². The Kier molecular flexibility index (Phi) is 14.4. The van der Waals surface area contributed by atoms with Gasteiger partial charge in [-0.25, -0.2) is 0 Å². The first kappa shape index (κ1) is 19.4. The second kappa shape index (κ2) is 14.8. The summed E-state index contributed by atoms with van der Waals surface area (Å²) in [5.41, 5.74) is 5.45. The minimum Gasteiger partial charge on any atom is -0.481 e. The van der Waals surface area contributed by atoms with Crippen LogP contribution in [0.3, 0.4) is 0 Å². The van der Waals surface area contributed by atoms with Crippen molar-refractivity contribution in [1.29, 1.82) is 0 Å². The average Bonchev–Trinajstić information content (AvgIpc) is 2.43. The van der Waals surface area contributed by atoms with Gasteiger partial charge in [-0.05, 0) is 25.8 Å². The van der Waals surface area contributed by atoms with E-state index in [4.69, 9.17) is 5.73 Å². The van der Waals surface area contributed by atoms with Crippen LogP contribution in [-0.2, 0) is 4.79 Å². The van der Waals surface area contributed by atoms with Gasteiger partial charge in [0.25, 0.3) is 0 Å². The fourth-order valence-corrected chi connectivity index (χ4v) is 2.63. The second-order valence-corrected chi connectivity index (χ2v) is 5.94. The molecule has 0 fully saturated rings. The highest BCUT2D eigenvalue weighted by molar-refractivity contribution is 5.69. The molecule has 0 aliphatic carbocycles. The van der Waals surface area contributed by atoms with Gasteiger partial charge in [0.05, 0.1) is 5.92 Å². The molecule has 3 N–H and O–H groups in total. The smallest absolute Gasteiger partial charge is 0.306 e. The van der Waals surface area contributed by atoms with Gasteiger partial charge in [0.1, 0.15) is 0 Å². The molecule has 0 aromatic rings. The normalized spacial score (nSPS) is 12.5. The van der Waals surface area contributed by atoms with Crippen molar-refractivity contribution >= 4 is 5.97 Å². The maximum atomic E-state index is 11.2. The molecular formula is C17H35NO2. The predicted octanol–water partition coefficient (Wildman–Crippen LogP) is 4.74. The van der Waals surface area contributed by atoms with Gasteiger partial charge in [0.2, 0.25) is 0 Å². The lowest BCUT2D eigenvalue weighted by molar-refractivity contribution is -0.142. The third-order valence-electron chi connectivity index (χ3n) is 4.01. The number of rotatable bonds is 15. The number of hydrogen-bond donors (Lipinski definition) is 2. The van der Waals surface area contributed by atoms with E-state index in [-0.39, 0.29) is 5.92 Å². The van der Waals surface area contributed by atoms with Crippen molar-refractivity contribution < 1.29 is 9.90 Å². The molecule has 0 aliphatic rings. The van der Waals surface area contributed by atoms with E-state index in [1.54, 1.807) is 0 Å². The van der Waals surface area contributed by atoms with Gasteiger partial charge in [0, 0.05) is 0 Å². The third kappa shape index (κ3) is 12.5. The van der Waals surface area contributed by atoms with Crippen molar-refractivity contribution in [2.45, 2.75) is 90.4 Å². The summed E-state index contributed by atoms with van der Waals surface area (Å²) in [6, 6.07) is 0. The van der Waals surface area contributed by atoms with E-state index < -0.39 is 5.97 Å². The molecule has 0 bridgehead atoms. The summed E-state index contributed by atoms with van der Waals surface area (Å²) in [7, 11) is 0. The number of carboxylic acids is 1. The first-order valence-electron chi connectivity index (χ1n) is 8.65. The summed E-state index contributed by atoms with van der Waals surface area (Å²) in [4.78, 5) is 11.2. The molecule has 3 nitrogen and oxygen atoms in total. The van der Waals surface area contributed by atoms with Crippen LogP contribution >= 0.6 is 0 Å². The van der Waals surface area contributed by atoms with E-state index in [2.05, 4.69) is 6.92 Å². The molecule has 3 heteroatoms. The van der Waals surface area contributed by atoms with E-state index in [1.165, 1.54) is 44.9 Å². The average molecular weight is 285 g/mol. The molecule has 0 saturated heterocycles. The Bertz CT molecular complexity index is 219. The van der Waals surface area contributed by atoms with Crippen molar-refractivity contribution in [2.75, 3.05) is 6.54 Å². The predicted molar refractivity (Wildman–Crippen MR) is 85.9 cm³/mol. The van der Waals surface area contributed by atoms with Crippen molar-refractivity contribution in [2.24, 2.45) is 11.7 Å². The molecule has 1 atom stereocenters. The Morgan fingerprint density at radius 1 is 0.850 bits per heavy atom. The molecule has 0 radical (unpaired) electrons. The number of unbranched alkanes of at least 4 members (excludes halogenated alkanes) is 9. The van der Waals surface area contributed by atoms with Crippen LogP contribution in [-0.4, -0.2) is 17.6 Å². The number of aliphatic carboxylic acids is 1. The zero-order chi connectivity index (χ0) is 15.1. The molecule has 0 heterocycles. The van der Waals surface area contributed by atoms with Gasteiger partial charge in [-0.3, -0.25) is 4.79 Å². The standard InChI is InChI=1S/C17H35NO2/c1-2-3-4-5-6-7-8-10-13-16(17(19)20)14-11-9-12-15-18/h16H,2-15,18H2,1H3,(H,19,20). The Balaban J connectivity index is 3.48. The highest BCUT2D eigenvalue weighted by atomic mass is 16.4. The van der Waals surface area contributed by atoms with Crippen LogP contribution in [0.15, 0.2) is 0 Å². The second-order valence-electron chi connectivity index (χ2n) is 5.94. The van der Waals surface area contributed by atoms with Crippen LogP contribution in [0.5, 0.6) is 0 Å². The lowest BCUT2D eigenvalue weighted by Crippen LogP contribution is -2.13. The number of carboxylic acid groups (broad SMARTS) is 1. The van der Waals surface area contributed by atoms with Crippen LogP contribution in [0.25, 0.3) is 0 Å². The van der Waals surface area contributed by atoms with Crippen molar-refractivity contribution in [3.8, 4) is 0 Å². The minimum atomic E-state index is -0.610. The van der Waals surface area contributed by atoms with E-state index >= 15 is 0 Å². The summed E-state index contributed by atoms with van der Waals surface area (Å²) >= 11 is 0. The lowest BCUT2D eigenvalue weighted by atomic mass is 9.94. The monoisotopic (exact) mass is 285 g/mol. The fraction of sp³-hybridized carbons (Fsp3) is 0.941. The number of hydrogen-bond acceptors (Lipinski definition) is 2. The third-order valence-corrected chi connectivity index (χ3v) is 4.01. The Morgan fingerprint density at radius 3 is 1.75 bits per heavy atom. The quantitative estimate of drug-likeness (QED) is 0.427. The molecule has 120 valence electrons. The maximum Gasteiger partial charge on any atom is 0.306 e. The lowest BCUT2D eigenvalue weighted by Gasteiger charge is -2.11. The zero-order valence-corrected chi connectivity index (χ0v) is 13.4. The van der Waals surface area contributed by atoms with E-state index in [9.17, 15) is 9.90 Å². The molecule has 0 saturated carbocycles. The van der Waals surface area contributed by atoms with Crippen LogP contribution in [0.1, 0.15) is 90.4 Å². The van der Waals surface area contributed by atoms with E-state index in [0.717, 1.165) is 45.1 Å². The Morgan fingerprint density at radius 2 is 1.30 bits per heavy atom. The van der Waals surface area contributed by atoms with Crippen LogP contribution in [0.2, 0.25) is 0 Å². The first-order chi connectivity index (χ1) is 9.72. The topological polar surface area (TPSA) is 63.3 Å². The highest BCUT2D eigenvalue weighted by Crippen LogP contribution is 2.18. The zero-order valence-electron chi connectivity index (χ0n) is 13.4. The molecule has 0 aromatic heterocycles. The summed E-state index contributed by atoms with van der Waals surface area (Å²) in [6.07, 6.45) is 15.0. The molecule has 0 aromatic carbocycles. The Hall–Kier alpha value is -0.570. The van der Waals surface area contributed by atoms with Crippen molar-refractivity contribution in [3.05, 3.63) is 0 Å². The summed E-state index contributed by atoms with van der Waals surface area (Å²) in [5, 5.41) is 9.20. The van der Waals surface area contributed by atoms with Gasteiger partial charge in [-0.15, -0.1) is 0 Å². The van der Waals surface area contributed by atoms with E-state index in [0.29, 0.717) is 0 Å². The number of carbonyl (C=O) groups is 1. The molecular weight excluding hydrogens is 250 g/mol. The summed E-state index contributed by atoms with van der Waals surface area (Å²) in [5.74, 6) is -0.742. The van der Waals surface area contributed by atoms with Crippen LogP contribution < -0.4 is 5.73 Å². The first-order valence-corrected chi connectivity index (χ1v) is 8.65. The maximum absolute atomic E-state index is 11.2. The largest absolute Gasteiger partial charge is 0.481 e. The number of nitrogens with two attached hydrogens (primary N) is 1. The van der Waals surface area contributed by atoms with Crippen LogP contribution in [0, 0.1) is 5.92 Å². The molecule has 0 rings (SSSR count). The van der Waals surface area contributed by atoms with Gasteiger partial charge in [-0.1, -0.05) is 71.1 Å². The van der Waals surface area contributed by atoms with Gasteiger partial charge in [0.15, 0.2) is 0 Å². The summed E-state index contributed by atoms with van der Waals surface area (Å²) < 4.78 is 0. The summed E-state index contributed by atoms with van der Waals surface area (Å²) in [6.45, 7) is 2.95. The molecule has 0 amide bonds. The van der Waals surface area contributed by atoms with Gasteiger partial charge < -0.3 is 10.8 Å². The highest BCUT2D eigenvalue weighted by Gasteiger charge is 2.15. The van der Waals surface area contributed by atoms with Gasteiger partial charge in [-0.2, -0.15) is 0 Å². The molecule has 1 unspecified atom stereocenters. The Labute approximate surface area is 125 Å². The van der Waals surface area contributed by atoms with Crippen molar-refractivity contribution in [1.82, 2.24) is 0 Å². The molecule has 0 spiro atoms. The molecule has 0 aliphatic heterocycles.